The molecule has 0 rings (SSSR count). The third-order valence-electron chi connectivity index (χ3n) is 9.56. The van der Waals surface area contributed by atoms with Crippen LogP contribution in [-0.2, 0) is 28.6 Å². The molecule has 0 N–H and O–H groups in total. The highest BCUT2D eigenvalue weighted by Gasteiger charge is 2.19. The molecule has 0 fully saturated rings. The Morgan fingerprint density at radius 2 is 0.691 bits per heavy atom. The first-order chi connectivity index (χ1) is 33.5. The number of carbonyl (C=O) groups is 3. The summed E-state index contributed by atoms with van der Waals surface area (Å²) in [5.74, 6) is -1.16. The van der Waals surface area contributed by atoms with Crippen molar-refractivity contribution in [1.82, 2.24) is 0 Å². The molecular weight excluding hydrogens is 841 g/mol. The van der Waals surface area contributed by atoms with Gasteiger partial charge in [-0.2, -0.15) is 0 Å². The average molecular weight is 929 g/mol. The van der Waals surface area contributed by atoms with Gasteiger partial charge < -0.3 is 14.2 Å². The molecule has 0 bridgehead atoms. The third kappa shape index (κ3) is 51.2. The van der Waals surface area contributed by atoms with E-state index >= 15 is 0 Å². The fourth-order valence-electron chi connectivity index (χ4n) is 5.82. The number of carbonyl (C=O) groups excluding carboxylic acids is 3. The van der Waals surface area contributed by atoms with Gasteiger partial charge in [0.05, 0.1) is 0 Å². The van der Waals surface area contributed by atoms with Gasteiger partial charge in [-0.1, -0.05) is 241 Å². The molecule has 0 spiro atoms. The molecule has 0 saturated carbocycles. The molecule has 0 aliphatic rings. The highest BCUT2D eigenvalue weighted by molar-refractivity contribution is 5.71. The van der Waals surface area contributed by atoms with Gasteiger partial charge in [0.2, 0.25) is 0 Å². The first-order valence-electron chi connectivity index (χ1n) is 25.6. The van der Waals surface area contributed by atoms with Crippen molar-refractivity contribution in [2.24, 2.45) is 0 Å². The minimum Gasteiger partial charge on any atom is -0.462 e. The summed E-state index contributed by atoms with van der Waals surface area (Å²) in [5, 5.41) is 0. The number of hydrogen-bond acceptors (Lipinski definition) is 6. The predicted octanol–water partition coefficient (Wildman–Crippen LogP) is 17.1. The molecule has 0 aliphatic heterocycles. The number of esters is 3. The Morgan fingerprint density at radius 1 is 0.324 bits per heavy atom. The van der Waals surface area contributed by atoms with Crippen LogP contribution in [0.2, 0.25) is 0 Å². The molecule has 1 unspecified atom stereocenters. The maximum atomic E-state index is 12.8. The fraction of sp³-hybridized carbons (Fsp3) is 0.435. The van der Waals surface area contributed by atoms with E-state index in [0.29, 0.717) is 19.3 Å². The van der Waals surface area contributed by atoms with Crippen molar-refractivity contribution in [3.05, 3.63) is 194 Å². The minimum atomic E-state index is -0.864. The zero-order valence-electron chi connectivity index (χ0n) is 42.3. The lowest BCUT2D eigenvalue weighted by atomic mass is 10.1. The maximum absolute atomic E-state index is 12.8. The van der Waals surface area contributed by atoms with E-state index in [4.69, 9.17) is 14.2 Å². The van der Waals surface area contributed by atoms with E-state index < -0.39 is 12.1 Å². The molecule has 372 valence electrons. The van der Waals surface area contributed by atoms with Crippen LogP contribution in [0.15, 0.2) is 194 Å². The second-order valence-corrected chi connectivity index (χ2v) is 15.8. The van der Waals surface area contributed by atoms with Crippen LogP contribution in [-0.4, -0.2) is 37.2 Å². The Kier molecular flexibility index (Phi) is 49.3. The van der Waals surface area contributed by atoms with E-state index in [0.717, 1.165) is 89.9 Å². The van der Waals surface area contributed by atoms with E-state index in [2.05, 4.69) is 112 Å². The molecular formula is C62H88O6. The molecule has 0 aromatic carbocycles. The van der Waals surface area contributed by atoms with Crippen molar-refractivity contribution in [3.63, 3.8) is 0 Å². The standard InChI is InChI=1S/C62H88O6/c1-4-7-10-13-16-19-22-25-27-29-31-33-34-37-40-43-46-49-52-55-61(64)67-58-59(57-66-60(63)54-51-48-45-42-39-36-24-21-18-15-12-9-6-3)68-62(65)56-53-50-47-44-41-38-35-32-30-28-26-23-20-17-14-11-8-5-2/h7,9-12,14-21,23-28,30-33,35-37,39-40,42,45-46,49,59H,4-6,8,13,22,29,34,38,41,43-44,47-48,50-58H2,1-3H3/b10-7+,12-9+,14-11+,18-15+,19-16+,20-17+,24-21+,26-23+,27-25+,30-28+,33-31+,35-32+,39-36+,40-37+,45-42+,49-46+. The van der Waals surface area contributed by atoms with Crippen molar-refractivity contribution in [2.75, 3.05) is 13.2 Å². The third-order valence-corrected chi connectivity index (χ3v) is 9.56. The summed E-state index contributed by atoms with van der Waals surface area (Å²) in [6.07, 6.45) is 82.8. The highest BCUT2D eigenvalue weighted by atomic mass is 16.6. The largest absolute Gasteiger partial charge is 0.462 e. The summed E-state index contributed by atoms with van der Waals surface area (Å²) in [6, 6.07) is 0. The summed E-state index contributed by atoms with van der Waals surface area (Å²) in [4.78, 5) is 38.0. The number of hydrogen-bond donors (Lipinski definition) is 0. The van der Waals surface area contributed by atoms with Gasteiger partial charge in [0.1, 0.15) is 13.2 Å². The quantitative estimate of drug-likeness (QED) is 0.0199. The molecule has 0 aromatic rings. The van der Waals surface area contributed by atoms with Gasteiger partial charge in [-0.25, -0.2) is 0 Å². The second-order valence-electron chi connectivity index (χ2n) is 15.8. The second kappa shape index (κ2) is 53.9. The number of allylic oxidation sites excluding steroid dienone is 32. The van der Waals surface area contributed by atoms with Crippen molar-refractivity contribution >= 4 is 17.9 Å². The van der Waals surface area contributed by atoms with Crippen molar-refractivity contribution in [1.29, 1.82) is 0 Å². The number of unbranched alkanes of at least 4 members (excludes halogenated alkanes) is 7. The number of rotatable bonds is 42. The van der Waals surface area contributed by atoms with Crippen molar-refractivity contribution < 1.29 is 28.6 Å². The molecule has 0 radical (unpaired) electrons. The maximum Gasteiger partial charge on any atom is 0.306 e. The summed E-state index contributed by atoms with van der Waals surface area (Å²) in [7, 11) is 0. The Balaban J connectivity index is 4.70. The SMILES string of the molecule is CC/C=C/C=C/C=C/C=C/C=C/CCCC(=O)OCC(COC(=O)CC/C=C/C/C=C/C/C=C/C/C=C/C/C=C/C/C=C/CC)OC(=O)CCCCCCC/C=C/C=C/C=C/C=C/C=C/CCC. The van der Waals surface area contributed by atoms with Crippen molar-refractivity contribution in [3.8, 4) is 0 Å². The lowest BCUT2D eigenvalue weighted by Gasteiger charge is -2.18. The van der Waals surface area contributed by atoms with Gasteiger partial charge in [-0.3, -0.25) is 14.4 Å². The zero-order valence-corrected chi connectivity index (χ0v) is 42.3. The highest BCUT2D eigenvalue weighted by Crippen LogP contribution is 2.11. The fourth-order valence-corrected chi connectivity index (χ4v) is 5.82. The van der Waals surface area contributed by atoms with E-state index in [-0.39, 0.29) is 44.4 Å². The van der Waals surface area contributed by atoms with Gasteiger partial charge in [0, 0.05) is 19.3 Å². The average Bonchev–Trinajstić information content (AvgIpc) is 3.34. The van der Waals surface area contributed by atoms with Crippen molar-refractivity contribution in [2.45, 2.75) is 162 Å². The Bertz CT molecular complexity index is 1730. The van der Waals surface area contributed by atoms with Crippen LogP contribution in [0, 0.1) is 0 Å². The normalized spacial score (nSPS) is 13.8. The van der Waals surface area contributed by atoms with Crippen LogP contribution in [0.5, 0.6) is 0 Å². The summed E-state index contributed by atoms with van der Waals surface area (Å²) >= 11 is 0. The van der Waals surface area contributed by atoms with Crippen LogP contribution in [0.4, 0.5) is 0 Å². The molecule has 6 heteroatoms. The molecule has 68 heavy (non-hydrogen) atoms. The Morgan fingerprint density at radius 3 is 1.18 bits per heavy atom. The van der Waals surface area contributed by atoms with Gasteiger partial charge in [-0.15, -0.1) is 0 Å². The summed E-state index contributed by atoms with van der Waals surface area (Å²) < 4.78 is 16.6. The lowest BCUT2D eigenvalue weighted by Crippen LogP contribution is -2.30. The molecule has 0 amide bonds. The van der Waals surface area contributed by atoms with E-state index in [1.807, 2.05) is 103 Å². The van der Waals surface area contributed by atoms with Crippen LogP contribution in [0.25, 0.3) is 0 Å². The molecule has 0 saturated heterocycles. The minimum absolute atomic E-state index is 0.161. The lowest BCUT2D eigenvalue weighted by molar-refractivity contribution is -0.166. The molecule has 0 heterocycles. The van der Waals surface area contributed by atoms with E-state index in [1.54, 1.807) is 0 Å². The Hall–Kier alpha value is -5.75. The van der Waals surface area contributed by atoms with Gasteiger partial charge in [0.15, 0.2) is 6.10 Å². The summed E-state index contributed by atoms with van der Waals surface area (Å²) in [5.41, 5.74) is 0. The van der Waals surface area contributed by atoms with E-state index in [9.17, 15) is 14.4 Å². The van der Waals surface area contributed by atoms with Gasteiger partial charge in [0.25, 0.3) is 0 Å². The van der Waals surface area contributed by atoms with Crippen LogP contribution in [0.3, 0.4) is 0 Å². The topological polar surface area (TPSA) is 78.9 Å². The van der Waals surface area contributed by atoms with Gasteiger partial charge in [-0.05, 0) is 89.9 Å². The van der Waals surface area contributed by atoms with Crippen LogP contribution >= 0.6 is 0 Å². The molecule has 0 aromatic heterocycles. The first kappa shape index (κ1) is 62.2. The van der Waals surface area contributed by atoms with Crippen LogP contribution < -0.4 is 0 Å². The number of ether oxygens (including phenoxy) is 3. The smallest absolute Gasteiger partial charge is 0.306 e. The monoisotopic (exact) mass is 929 g/mol. The molecule has 6 nitrogen and oxygen atoms in total. The Labute approximate surface area is 414 Å². The summed E-state index contributed by atoms with van der Waals surface area (Å²) in [6.45, 7) is 6.09. The first-order valence-corrected chi connectivity index (χ1v) is 25.6. The van der Waals surface area contributed by atoms with Gasteiger partial charge >= 0.3 is 17.9 Å². The molecule has 0 aliphatic carbocycles. The van der Waals surface area contributed by atoms with Crippen LogP contribution in [0.1, 0.15) is 156 Å². The molecule has 1 atom stereocenters. The zero-order chi connectivity index (χ0) is 49.3. The predicted molar refractivity (Wildman–Crippen MR) is 292 cm³/mol. The van der Waals surface area contributed by atoms with E-state index in [1.165, 1.54) is 6.42 Å².